The van der Waals surface area contributed by atoms with E-state index in [1.807, 2.05) is 30.5 Å². The Bertz CT molecular complexity index is 862. The minimum Gasteiger partial charge on any atom is -0.490 e. The third-order valence-corrected chi connectivity index (χ3v) is 4.86. The Labute approximate surface area is 161 Å². The van der Waals surface area contributed by atoms with Gasteiger partial charge >= 0.3 is 0 Å². The summed E-state index contributed by atoms with van der Waals surface area (Å²) in [5.41, 5.74) is 3.50. The standard InChI is InChI=1S/C23H30N2O2/c1-17-8-10-18(11-9-17)14-25(23(2,3)4)15-19(26)16-27-22-7-5-6-21-20(22)12-13-24-21/h5-13,19,24,26H,14-16H2,1-4H3. The lowest BCUT2D eigenvalue weighted by Gasteiger charge is -2.37. The highest BCUT2D eigenvalue weighted by molar-refractivity contribution is 5.85. The summed E-state index contributed by atoms with van der Waals surface area (Å²) < 4.78 is 5.92. The van der Waals surface area contributed by atoms with Gasteiger partial charge in [-0.05, 0) is 51.5 Å². The van der Waals surface area contributed by atoms with E-state index in [-0.39, 0.29) is 12.1 Å². The molecule has 0 radical (unpaired) electrons. The lowest BCUT2D eigenvalue weighted by molar-refractivity contribution is 0.0288. The fraction of sp³-hybridized carbons (Fsp3) is 0.391. The fourth-order valence-corrected chi connectivity index (χ4v) is 3.16. The van der Waals surface area contributed by atoms with Crippen molar-refractivity contribution in [3.8, 4) is 5.75 Å². The number of nitrogens with zero attached hydrogens (tertiary/aromatic N) is 1. The molecular formula is C23H30N2O2. The predicted molar refractivity (Wildman–Crippen MR) is 111 cm³/mol. The van der Waals surface area contributed by atoms with Crippen LogP contribution in [0.3, 0.4) is 0 Å². The van der Waals surface area contributed by atoms with E-state index in [2.05, 4.69) is 61.8 Å². The Hall–Kier alpha value is -2.30. The topological polar surface area (TPSA) is 48.5 Å². The maximum atomic E-state index is 10.6. The van der Waals surface area contributed by atoms with Gasteiger partial charge in [0, 0.05) is 35.7 Å². The molecule has 4 nitrogen and oxygen atoms in total. The number of hydrogen-bond donors (Lipinski definition) is 2. The molecule has 0 aliphatic rings. The van der Waals surface area contributed by atoms with Crippen molar-refractivity contribution in [2.45, 2.75) is 45.9 Å². The molecule has 1 heterocycles. The first kappa shape index (κ1) is 19.5. The zero-order chi connectivity index (χ0) is 19.4. The molecule has 27 heavy (non-hydrogen) atoms. The molecule has 0 aliphatic carbocycles. The SMILES string of the molecule is Cc1ccc(CN(CC(O)COc2cccc3[nH]ccc23)C(C)(C)C)cc1. The Morgan fingerprint density at radius 1 is 1.07 bits per heavy atom. The van der Waals surface area contributed by atoms with E-state index in [4.69, 9.17) is 4.74 Å². The number of aromatic amines is 1. The highest BCUT2D eigenvalue weighted by atomic mass is 16.5. The Morgan fingerprint density at radius 2 is 1.81 bits per heavy atom. The summed E-state index contributed by atoms with van der Waals surface area (Å²) in [6, 6.07) is 16.5. The van der Waals surface area contributed by atoms with E-state index in [0.29, 0.717) is 6.54 Å². The number of aryl methyl sites for hydroxylation is 1. The number of rotatable bonds is 7. The second kappa shape index (κ2) is 8.15. The van der Waals surface area contributed by atoms with Crippen molar-refractivity contribution in [2.75, 3.05) is 13.2 Å². The van der Waals surface area contributed by atoms with E-state index in [1.165, 1.54) is 11.1 Å². The van der Waals surface area contributed by atoms with Crippen molar-refractivity contribution in [3.05, 3.63) is 65.9 Å². The number of β-amino-alcohol motifs (C(OH)–C–C–N with tert-alkyl or cyclic N) is 1. The van der Waals surface area contributed by atoms with Crippen LogP contribution in [0.5, 0.6) is 5.75 Å². The van der Waals surface area contributed by atoms with E-state index >= 15 is 0 Å². The average Bonchev–Trinajstić information content (AvgIpc) is 3.09. The molecule has 3 rings (SSSR count). The summed E-state index contributed by atoms with van der Waals surface area (Å²) in [6.07, 6.45) is 1.33. The summed E-state index contributed by atoms with van der Waals surface area (Å²) in [5.74, 6) is 0.800. The number of nitrogens with one attached hydrogen (secondary N) is 1. The monoisotopic (exact) mass is 366 g/mol. The zero-order valence-electron chi connectivity index (χ0n) is 16.7. The molecule has 0 saturated heterocycles. The maximum Gasteiger partial charge on any atom is 0.128 e. The summed E-state index contributed by atoms with van der Waals surface area (Å²) in [6.45, 7) is 10.2. The molecule has 144 valence electrons. The molecule has 0 fully saturated rings. The van der Waals surface area contributed by atoms with E-state index in [9.17, 15) is 5.11 Å². The number of benzene rings is 2. The highest BCUT2D eigenvalue weighted by Gasteiger charge is 2.24. The molecule has 3 aromatic rings. The van der Waals surface area contributed by atoms with Crippen molar-refractivity contribution in [1.82, 2.24) is 9.88 Å². The van der Waals surface area contributed by atoms with Gasteiger partial charge in [-0.2, -0.15) is 0 Å². The Morgan fingerprint density at radius 3 is 2.52 bits per heavy atom. The fourth-order valence-electron chi connectivity index (χ4n) is 3.16. The molecule has 2 aromatic carbocycles. The summed E-state index contributed by atoms with van der Waals surface area (Å²) in [5, 5.41) is 11.7. The normalized spacial score (nSPS) is 13.3. The first-order chi connectivity index (χ1) is 12.8. The third kappa shape index (κ3) is 5.12. The van der Waals surface area contributed by atoms with Crippen molar-refractivity contribution >= 4 is 10.9 Å². The predicted octanol–water partition coefficient (Wildman–Crippen LogP) is 4.52. The molecule has 0 bridgehead atoms. The van der Waals surface area contributed by atoms with Crippen molar-refractivity contribution in [3.63, 3.8) is 0 Å². The number of aliphatic hydroxyl groups is 1. The van der Waals surface area contributed by atoms with Crippen LogP contribution in [-0.2, 0) is 6.54 Å². The molecule has 0 saturated carbocycles. The lowest BCUT2D eigenvalue weighted by atomic mass is 10.0. The van der Waals surface area contributed by atoms with Gasteiger partial charge in [0.05, 0.1) is 0 Å². The Balaban J connectivity index is 1.63. The lowest BCUT2D eigenvalue weighted by Crippen LogP contribution is -2.46. The van der Waals surface area contributed by atoms with Gasteiger partial charge in [0.1, 0.15) is 18.5 Å². The van der Waals surface area contributed by atoms with Crippen LogP contribution in [0.15, 0.2) is 54.7 Å². The van der Waals surface area contributed by atoms with Crippen LogP contribution >= 0.6 is 0 Å². The first-order valence-corrected chi connectivity index (χ1v) is 9.50. The molecule has 1 unspecified atom stereocenters. The largest absolute Gasteiger partial charge is 0.490 e. The van der Waals surface area contributed by atoms with Crippen LogP contribution in [0.4, 0.5) is 0 Å². The van der Waals surface area contributed by atoms with Crippen molar-refractivity contribution < 1.29 is 9.84 Å². The average molecular weight is 367 g/mol. The van der Waals surface area contributed by atoms with E-state index < -0.39 is 6.10 Å². The molecule has 4 heteroatoms. The molecule has 1 aromatic heterocycles. The zero-order valence-corrected chi connectivity index (χ0v) is 16.7. The Kier molecular flexibility index (Phi) is 5.88. The van der Waals surface area contributed by atoms with Gasteiger partial charge in [-0.3, -0.25) is 4.90 Å². The smallest absolute Gasteiger partial charge is 0.128 e. The van der Waals surface area contributed by atoms with Crippen LogP contribution in [0, 0.1) is 6.92 Å². The summed E-state index contributed by atoms with van der Waals surface area (Å²) in [4.78, 5) is 5.47. The number of fused-ring (bicyclic) bond motifs is 1. The van der Waals surface area contributed by atoms with Crippen LogP contribution in [0.25, 0.3) is 10.9 Å². The molecule has 0 aliphatic heterocycles. The number of hydrogen-bond acceptors (Lipinski definition) is 3. The minimum absolute atomic E-state index is 0.0491. The van der Waals surface area contributed by atoms with Gasteiger partial charge < -0.3 is 14.8 Å². The third-order valence-electron chi connectivity index (χ3n) is 4.86. The van der Waals surface area contributed by atoms with Crippen molar-refractivity contribution in [2.24, 2.45) is 0 Å². The van der Waals surface area contributed by atoms with Gasteiger partial charge in [-0.1, -0.05) is 35.9 Å². The number of H-pyrrole nitrogens is 1. The minimum atomic E-state index is -0.566. The van der Waals surface area contributed by atoms with Gasteiger partial charge in [0.15, 0.2) is 0 Å². The second-order valence-corrected chi connectivity index (χ2v) is 8.20. The molecule has 0 spiro atoms. The summed E-state index contributed by atoms with van der Waals surface area (Å²) in [7, 11) is 0. The molecule has 1 atom stereocenters. The van der Waals surface area contributed by atoms with Gasteiger partial charge in [0.2, 0.25) is 0 Å². The van der Waals surface area contributed by atoms with Crippen LogP contribution in [-0.4, -0.2) is 39.8 Å². The van der Waals surface area contributed by atoms with Gasteiger partial charge in [0.25, 0.3) is 0 Å². The quantitative estimate of drug-likeness (QED) is 0.646. The highest BCUT2D eigenvalue weighted by Crippen LogP contribution is 2.25. The number of aromatic nitrogens is 1. The van der Waals surface area contributed by atoms with E-state index in [1.54, 1.807) is 0 Å². The number of ether oxygens (including phenoxy) is 1. The first-order valence-electron chi connectivity index (χ1n) is 9.50. The second-order valence-electron chi connectivity index (χ2n) is 8.20. The number of aliphatic hydroxyl groups excluding tert-OH is 1. The van der Waals surface area contributed by atoms with E-state index in [0.717, 1.165) is 23.2 Å². The van der Waals surface area contributed by atoms with Crippen LogP contribution < -0.4 is 4.74 Å². The molecule has 0 amide bonds. The molecule has 2 N–H and O–H groups in total. The van der Waals surface area contributed by atoms with Crippen LogP contribution in [0.1, 0.15) is 31.9 Å². The molecular weight excluding hydrogens is 336 g/mol. The van der Waals surface area contributed by atoms with Gasteiger partial charge in [-0.25, -0.2) is 0 Å². The maximum absolute atomic E-state index is 10.6. The van der Waals surface area contributed by atoms with Gasteiger partial charge in [-0.15, -0.1) is 0 Å². The van der Waals surface area contributed by atoms with Crippen molar-refractivity contribution in [1.29, 1.82) is 0 Å². The van der Waals surface area contributed by atoms with Crippen LogP contribution in [0.2, 0.25) is 0 Å². The summed E-state index contributed by atoms with van der Waals surface area (Å²) >= 11 is 0.